The molecule has 7 heteroatoms. The Morgan fingerprint density at radius 3 is 2.76 bits per heavy atom. The van der Waals surface area contributed by atoms with Crippen LogP contribution in [0.2, 0.25) is 0 Å². The Balaban J connectivity index is 1.82. The number of nitrogen functional groups attached to an aromatic ring is 1. The van der Waals surface area contributed by atoms with E-state index in [1.165, 1.54) is 0 Å². The third kappa shape index (κ3) is 3.86. The number of nitrogens with zero attached hydrogens (tertiary/aromatic N) is 4. The van der Waals surface area contributed by atoms with Gasteiger partial charge >= 0.3 is 0 Å². The highest BCUT2D eigenvalue weighted by Crippen LogP contribution is 2.29. The van der Waals surface area contributed by atoms with Crippen molar-refractivity contribution >= 4 is 11.8 Å². The van der Waals surface area contributed by atoms with Gasteiger partial charge in [-0.25, -0.2) is 15.0 Å². The van der Waals surface area contributed by atoms with Crippen LogP contribution in [0.15, 0.2) is 18.5 Å². The molecule has 2 aromatic rings. The number of hydrogen-bond acceptors (Lipinski definition) is 7. The summed E-state index contributed by atoms with van der Waals surface area (Å²) in [4.78, 5) is 13.0. The number of aromatic nitrogens is 3. The maximum absolute atomic E-state index is 9.41. The molecular weight excluding hydrogens is 316 g/mol. The topological polar surface area (TPSA) is 110 Å². The Labute approximate surface area is 147 Å². The molecule has 1 atom stereocenters. The van der Waals surface area contributed by atoms with Crippen molar-refractivity contribution in [2.75, 3.05) is 24.2 Å². The van der Waals surface area contributed by atoms with Crippen LogP contribution in [0.3, 0.4) is 0 Å². The fourth-order valence-electron chi connectivity index (χ4n) is 2.80. The monoisotopic (exact) mass is 338 g/mol. The van der Waals surface area contributed by atoms with E-state index in [4.69, 9.17) is 10.5 Å². The molecule has 0 saturated carbocycles. The predicted octanol–water partition coefficient (Wildman–Crippen LogP) is 2.71. The van der Waals surface area contributed by atoms with Crippen LogP contribution >= 0.6 is 0 Å². The van der Waals surface area contributed by atoms with Crippen LogP contribution in [0.1, 0.15) is 43.9 Å². The first-order valence-electron chi connectivity index (χ1n) is 8.47. The molecule has 130 valence electrons. The number of rotatable bonds is 5. The zero-order chi connectivity index (χ0) is 17.8. The zero-order valence-electron chi connectivity index (χ0n) is 14.5. The average molecular weight is 338 g/mol. The molecule has 25 heavy (non-hydrogen) atoms. The molecule has 0 aromatic carbocycles. The molecule has 1 fully saturated rings. The van der Waals surface area contributed by atoms with Crippen LogP contribution in [0.5, 0.6) is 0 Å². The number of nitrogens with one attached hydrogen (secondary N) is 1. The molecule has 0 radical (unpaired) electrons. The van der Waals surface area contributed by atoms with Crippen molar-refractivity contribution in [1.29, 1.82) is 5.26 Å². The van der Waals surface area contributed by atoms with Crippen molar-refractivity contribution in [1.82, 2.24) is 15.0 Å². The summed E-state index contributed by atoms with van der Waals surface area (Å²) in [5.41, 5.74) is 8.61. The van der Waals surface area contributed by atoms with Gasteiger partial charge < -0.3 is 15.8 Å². The average Bonchev–Trinajstić information content (AvgIpc) is 3.13. The fourth-order valence-corrected chi connectivity index (χ4v) is 2.80. The number of hydrogen-bond donors (Lipinski definition) is 2. The standard InChI is InChI=1S/C18H22N6O/c1-11(2)16-6-14(15(7-19)17(20)24-16)12-8-21-18(22-9-12)23-10-13-4-3-5-25-13/h6,8-9,11,13H,3-5,10H2,1-2H3,(H2,20,24)(H,21,22,23)/t13-/m1/s1. The molecule has 0 aliphatic carbocycles. The summed E-state index contributed by atoms with van der Waals surface area (Å²) in [5, 5.41) is 12.6. The highest BCUT2D eigenvalue weighted by atomic mass is 16.5. The molecule has 1 saturated heterocycles. The molecule has 3 heterocycles. The van der Waals surface area contributed by atoms with Gasteiger partial charge in [-0.1, -0.05) is 13.8 Å². The summed E-state index contributed by atoms with van der Waals surface area (Å²) in [6.45, 7) is 5.59. The highest BCUT2D eigenvalue weighted by molar-refractivity contribution is 5.75. The van der Waals surface area contributed by atoms with Crippen molar-refractivity contribution < 1.29 is 4.74 Å². The first kappa shape index (κ1) is 17.1. The maximum Gasteiger partial charge on any atom is 0.222 e. The first-order chi connectivity index (χ1) is 12.1. The zero-order valence-corrected chi connectivity index (χ0v) is 14.5. The summed E-state index contributed by atoms with van der Waals surface area (Å²) in [6.07, 6.45) is 5.78. The Kier molecular flexibility index (Phi) is 5.10. The van der Waals surface area contributed by atoms with Gasteiger partial charge in [-0.3, -0.25) is 0 Å². The van der Waals surface area contributed by atoms with Crippen LogP contribution in [0, 0.1) is 11.3 Å². The van der Waals surface area contributed by atoms with Crippen LogP contribution in [0.4, 0.5) is 11.8 Å². The molecule has 0 unspecified atom stereocenters. The summed E-state index contributed by atoms with van der Waals surface area (Å²) >= 11 is 0. The van der Waals surface area contributed by atoms with Crippen molar-refractivity contribution in [3.8, 4) is 17.2 Å². The lowest BCUT2D eigenvalue weighted by Gasteiger charge is -2.13. The number of nitriles is 1. The van der Waals surface area contributed by atoms with Gasteiger partial charge in [0.2, 0.25) is 5.95 Å². The Morgan fingerprint density at radius 2 is 2.16 bits per heavy atom. The Hall–Kier alpha value is -2.72. The van der Waals surface area contributed by atoms with E-state index < -0.39 is 0 Å². The third-order valence-corrected chi connectivity index (χ3v) is 4.25. The lowest BCUT2D eigenvalue weighted by Crippen LogP contribution is -2.19. The lowest BCUT2D eigenvalue weighted by molar-refractivity contribution is 0.120. The van der Waals surface area contributed by atoms with Crippen LogP contribution in [-0.4, -0.2) is 34.2 Å². The minimum absolute atomic E-state index is 0.210. The highest BCUT2D eigenvalue weighted by Gasteiger charge is 2.16. The van der Waals surface area contributed by atoms with E-state index in [0.717, 1.165) is 30.7 Å². The van der Waals surface area contributed by atoms with Gasteiger partial charge in [-0.05, 0) is 24.8 Å². The van der Waals surface area contributed by atoms with Gasteiger partial charge in [0.15, 0.2) is 0 Å². The third-order valence-electron chi connectivity index (χ3n) is 4.25. The fraction of sp³-hybridized carbons (Fsp3) is 0.444. The number of pyridine rings is 1. The SMILES string of the molecule is CC(C)c1cc(-c2cnc(NC[C@H]3CCCO3)nc2)c(C#N)c(N)n1. The number of anilines is 2. The Bertz CT molecular complexity index is 775. The van der Waals surface area contributed by atoms with E-state index in [1.807, 2.05) is 19.9 Å². The molecule has 2 aromatic heterocycles. The van der Waals surface area contributed by atoms with Gasteiger partial charge in [0.05, 0.1) is 6.10 Å². The molecular formula is C18H22N6O. The molecule has 1 aliphatic rings. The van der Waals surface area contributed by atoms with Crippen LogP contribution in [0.25, 0.3) is 11.1 Å². The van der Waals surface area contributed by atoms with Crippen molar-refractivity contribution in [3.05, 3.63) is 29.7 Å². The van der Waals surface area contributed by atoms with Crippen molar-refractivity contribution in [3.63, 3.8) is 0 Å². The van der Waals surface area contributed by atoms with Crippen molar-refractivity contribution in [2.24, 2.45) is 0 Å². The minimum Gasteiger partial charge on any atom is -0.383 e. The largest absolute Gasteiger partial charge is 0.383 e. The van der Waals surface area contributed by atoms with Crippen molar-refractivity contribution in [2.45, 2.75) is 38.7 Å². The van der Waals surface area contributed by atoms with Gasteiger partial charge in [0.25, 0.3) is 0 Å². The number of ether oxygens (including phenoxy) is 1. The van der Waals surface area contributed by atoms with Gasteiger partial charge in [-0.15, -0.1) is 0 Å². The molecule has 0 bridgehead atoms. The maximum atomic E-state index is 9.41. The van der Waals surface area contributed by atoms with Gasteiger partial charge in [-0.2, -0.15) is 5.26 Å². The lowest BCUT2D eigenvalue weighted by atomic mass is 9.99. The number of nitrogens with two attached hydrogens (primary N) is 1. The van der Waals surface area contributed by atoms with E-state index in [0.29, 0.717) is 23.6 Å². The second-order valence-electron chi connectivity index (χ2n) is 6.43. The van der Waals surface area contributed by atoms with Crippen LogP contribution < -0.4 is 11.1 Å². The summed E-state index contributed by atoms with van der Waals surface area (Å²) < 4.78 is 5.57. The van der Waals surface area contributed by atoms with E-state index >= 15 is 0 Å². The first-order valence-corrected chi connectivity index (χ1v) is 8.47. The van der Waals surface area contributed by atoms with E-state index in [-0.39, 0.29) is 17.8 Å². The molecule has 3 N–H and O–H groups in total. The van der Waals surface area contributed by atoms with E-state index in [1.54, 1.807) is 12.4 Å². The predicted molar refractivity (Wildman–Crippen MR) is 95.9 cm³/mol. The van der Waals surface area contributed by atoms with Gasteiger partial charge in [0.1, 0.15) is 17.5 Å². The second-order valence-corrected chi connectivity index (χ2v) is 6.43. The normalized spacial score (nSPS) is 16.8. The molecule has 3 rings (SSSR count). The minimum atomic E-state index is 0.210. The second kappa shape index (κ2) is 7.45. The van der Waals surface area contributed by atoms with Crippen LogP contribution in [-0.2, 0) is 4.74 Å². The molecule has 7 nitrogen and oxygen atoms in total. The summed E-state index contributed by atoms with van der Waals surface area (Å²) in [6, 6.07) is 4.02. The summed E-state index contributed by atoms with van der Waals surface area (Å²) in [5.74, 6) is 0.996. The molecule has 0 amide bonds. The quantitative estimate of drug-likeness (QED) is 0.862. The van der Waals surface area contributed by atoms with Gasteiger partial charge in [0, 0.05) is 42.4 Å². The molecule has 1 aliphatic heterocycles. The van der Waals surface area contributed by atoms with E-state index in [2.05, 4.69) is 26.3 Å². The molecule has 0 spiro atoms. The Morgan fingerprint density at radius 1 is 1.40 bits per heavy atom. The smallest absolute Gasteiger partial charge is 0.222 e. The summed E-state index contributed by atoms with van der Waals surface area (Å²) in [7, 11) is 0. The van der Waals surface area contributed by atoms with E-state index in [9.17, 15) is 5.26 Å².